The molecular formula is C10H20N2S. The maximum Gasteiger partial charge on any atom is 0.0280 e. The van der Waals surface area contributed by atoms with Gasteiger partial charge in [0.15, 0.2) is 0 Å². The zero-order chi connectivity index (χ0) is 9.26. The van der Waals surface area contributed by atoms with Crippen molar-refractivity contribution in [3.63, 3.8) is 0 Å². The average molecular weight is 200 g/mol. The lowest BCUT2D eigenvalue weighted by Gasteiger charge is -2.46. The Morgan fingerprint density at radius 2 is 2.23 bits per heavy atom. The number of nitrogens with two attached hydrogens (primary N) is 1. The predicted octanol–water partition coefficient (Wildman–Crippen LogP) is 1.16. The third-order valence-corrected chi connectivity index (χ3v) is 4.63. The molecule has 2 N–H and O–H groups in total. The number of thioether (sulfide) groups is 1. The number of nitrogens with zero attached hydrogens (tertiary/aromatic N) is 1. The minimum Gasteiger partial charge on any atom is -0.329 e. The average Bonchev–Trinajstić information content (AvgIpc) is 2.05. The van der Waals surface area contributed by atoms with Crippen molar-refractivity contribution in [2.75, 3.05) is 24.6 Å². The second-order valence-electron chi connectivity index (χ2n) is 4.45. The van der Waals surface area contributed by atoms with Crippen molar-refractivity contribution in [2.45, 2.75) is 31.8 Å². The van der Waals surface area contributed by atoms with Crippen LogP contribution in [0.15, 0.2) is 0 Å². The van der Waals surface area contributed by atoms with Crippen molar-refractivity contribution in [1.82, 2.24) is 4.90 Å². The third-order valence-electron chi connectivity index (χ3n) is 3.39. The lowest BCUT2D eigenvalue weighted by atomic mass is 9.91. The Morgan fingerprint density at radius 1 is 1.46 bits per heavy atom. The Kier molecular flexibility index (Phi) is 3.17. The summed E-state index contributed by atoms with van der Waals surface area (Å²) in [4.78, 5) is 2.66. The Hall–Kier alpha value is 0.270. The maximum absolute atomic E-state index is 5.82. The van der Waals surface area contributed by atoms with Crippen LogP contribution in [0.5, 0.6) is 0 Å². The highest BCUT2D eigenvalue weighted by atomic mass is 32.2. The van der Waals surface area contributed by atoms with E-state index in [4.69, 9.17) is 5.73 Å². The molecular weight excluding hydrogens is 180 g/mol. The molecule has 2 aliphatic rings. The lowest BCUT2D eigenvalue weighted by molar-refractivity contribution is 0.0906. The fraction of sp³-hybridized carbons (Fsp3) is 1.00. The molecule has 2 nitrogen and oxygen atoms in total. The smallest absolute Gasteiger partial charge is 0.0280 e. The van der Waals surface area contributed by atoms with Crippen LogP contribution in [0.4, 0.5) is 0 Å². The van der Waals surface area contributed by atoms with Crippen LogP contribution < -0.4 is 5.73 Å². The molecule has 76 valence electrons. The van der Waals surface area contributed by atoms with E-state index < -0.39 is 0 Å². The van der Waals surface area contributed by atoms with E-state index in [1.807, 2.05) is 0 Å². The minimum absolute atomic E-state index is 0.676. The van der Waals surface area contributed by atoms with Gasteiger partial charge in [-0.3, -0.25) is 4.90 Å². The van der Waals surface area contributed by atoms with Gasteiger partial charge in [-0.2, -0.15) is 11.8 Å². The van der Waals surface area contributed by atoms with Gasteiger partial charge < -0.3 is 5.73 Å². The molecule has 0 aromatic heterocycles. The molecule has 2 unspecified atom stereocenters. The van der Waals surface area contributed by atoms with Gasteiger partial charge in [-0.25, -0.2) is 0 Å². The van der Waals surface area contributed by atoms with Gasteiger partial charge in [-0.15, -0.1) is 0 Å². The molecule has 0 spiro atoms. The Balaban J connectivity index is 1.92. The molecule has 0 aliphatic carbocycles. The molecule has 2 aliphatic heterocycles. The summed E-state index contributed by atoms with van der Waals surface area (Å²) in [5.74, 6) is 3.56. The van der Waals surface area contributed by atoms with Gasteiger partial charge in [0, 0.05) is 30.1 Å². The van der Waals surface area contributed by atoms with Gasteiger partial charge >= 0.3 is 0 Å². The molecule has 3 heteroatoms. The molecule has 2 fully saturated rings. The highest BCUT2D eigenvalue weighted by Gasteiger charge is 2.33. The number of piperidine rings is 1. The number of rotatable bonds is 2. The van der Waals surface area contributed by atoms with Crippen molar-refractivity contribution in [3.8, 4) is 0 Å². The van der Waals surface area contributed by atoms with Crippen LogP contribution in [0.2, 0.25) is 0 Å². The molecule has 0 radical (unpaired) electrons. The summed E-state index contributed by atoms with van der Waals surface area (Å²) in [5.41, 5.74) is 5.82. The van der Waals surface area contributed by atoms with E-state index in [0.29, 0.717) is 6.04 Å². The summed E-state index contributed by atoms with van der Waals surface area (Å²) in [6.45, 7) is 4.50. The third kappa shape index (κ3) is 2.03. The Labute approximate surface area is 85.2 Å². The van der Waals surface area contributed by atoms with Crippen molar-refractivity contribution < 1.29 is 0 Å². The van der Waals surface area contributed by atoms with Gasteiger partial charge in [0.25, 0.3) is 0 Å². The van der Waals surface area contributed by atoms with E-state index in [2.05, 4.69) is 23.6 Å². The first-order chi connectivity index (χ1) is 6.31. The lowest BCUT2D eigenvalue weighted by Crippen LogP contribution is -2.55. The first-order valence-corrected chi connectivity index (χ1v) is 6.50. The fourth-order valence-corrected chi connectivity index (χ4v) is 3.23. The van der Waals surface area contributed by atoms with Crippen molar-refractivity contribution in [2.24, 2.45) is 11.7 Å². The second kappa shape index (κ2) is 4.20. The summed E-state index contributed by atoms with van der Waals surface area (Å²) in [6, 6.07) is 1.53. The fourth-order valence-electron chi connectivity index (χ4n) is 2.40. The molecule has 0 aromatic carbocycles. The molecule has 2 atom stereocenters. The normalized spacial score (nSPS) is 37.4. The summed E-state index contributed by atoms with van der Waals surface area (Å²) < 4.78 is 0. The highest BCUT2D eigenvalue weighted by molar-refractivity contribution is 8.00. The Bertz CT molecular complexity index is 170. The van der Waals surface area contributed by atoms with E-state index in [9.17, 15) is 0 Å². The van der Waals surface area contributed by atoms with Crippen LogP contribution in [0.3, 0.4) is 0 Å². The summed E-state index contributed by atoms with van der Waals surface area (Å²) >= 11 is 2.07. The standard InChI is InChI=1S/C10H20N2S/c1-8-2-3-12(9(4-8)5-11)10-6-13-7-10/h8-10H,2-7,11H2,1H3. The van der Waals surface area contributed by atoms with Crippen molar-refractivity contribution in [1.29, 1.82) is 0 Å². The summed E-state index contributed by atoms with van der Waals surface area (Å²) in [6.07, 6.45) is 2.69. The van der Waals surface area contributed by atoms with Crippen LogP contribution in [-0.2, 0) is 0 Å². The molecule has 0 aromatic rings. The number of hydrogen-bond acceptors (Lipinski definition) is 3. The van der Waals surface area contributed by atoms with Crippen LogP contribution in [0, 0.1) is 5.92 Å². The van der Waals surface area contributed by atoms with E-state index in [1.54, 1.807) is 0 Å². The number of likely N-dealkylation sites (tertiary alicyclic amines) is 1. The molecule has 13 heavy (non-hydrogen) atoms. The predicted molar refractivity (Wildman–Crippen MR) is 59.1 cm³/mol. The van der Waals surface area contributed by atoms with E-state index in [1.165, 1.54) is 30.9 Å². The number of hydrogen-bond donors (Lipinski definition) is 1. The Morgan fingerprint density at radius 3 is 2.77 bits per heavy atom. The molecule has 0 bridgehead atoms. The quantitative estimate of drug-likeness (QED) is 0.725. The van der Waals surface area contributed by atoms with Gasteiger partial charge in [0.1, 0.15) is 0 Å². The molecule has 2 rings (SSSR count). The van der Waals surface area contributed by atoms with E-state index in [-0.39, 0.29) is 0 Å². The maximum atomic E-state index is 5.82. The molecule has 0 amide bonds. The summed E-state index contributed by atoms with van der Waals surface area (Å²) in [5, 5.41) is 0. The molecule has 2 saturated heterocycles. The second-order valence-corrected chi connectivity index (χ2v) is 5.52. The van der Waals surface area contributed by atoms with Gasteiger partial charge in [-0.1, -0.05) is 6.92 Å². The largest absolute Gasteiger partial charge is 0.329 e. The summed E-state index contributed by atoms with van der Waals surface area (Å²) in [7, 11) is 0. The van der Waals surface area contributed by atoms with E-state index in [0.717, 1.165) is 18.5 Å². The van der Waals surface area contributed by atoms with Gasteiger partial charge in [0.05, 0.1) is 0 Å². The molecule has 0 saturated carbocycles. The topological polar surface area (TPSA) is 29.3 Å². The van der Waals surface area contributed by atoms with Gasteiger partial charge in [-0.05, 0) is 25.3 Å². The first-order valence-electron chi connectivity index (χ1n) is 5.35. The highest BCUT2D eigenvalue weighted by Crippen LogP contribution is 2.30. The molecule has 2 heterocycles. The van der Waals surface area contributed by atoms with Crippen molar-refractivity contribution >= 4 is 11.8 Å². The van der Waals surface area contributed by atoms with Crippen LogP contribution in [-0.4, -0.2) is 41.6 Å². The monoisotopic (exact) mass is 200 g/mol. The first kappa shape index (κ1) is 9.81. The minimum atomic E-state index is 0.676. The van der Waals surface area contributed by atoms with Crippen LogP contribution in [0.1, 0.15) is 19.8 Å². The van der Waals surface area contributed by atoms with Gasteiger partial charge in [0.2, 0.25) is 0 Å². The zero-order valence-corrected chi connectivity index (χ0v) is 9.22. The van der Waals surface area contributed by atoms with Crippen LogP contribution in [0.25, 0.3) is 0 Å². The van der Waals surface area contributed by atoms with E-state index >= 15 is 0 Å². The van der Waals surface area contributed by atoms with Crippen molar-refractivity contribution in [3.05, 3.63) is 0 Å². The SMILES string of the molecule is CC1CCN(C2CSC2)C(CN)C1. The zero-order valence-electron chi connectivity index (χ0n) is 8.41. The van der Waals surface area contributed by atoms with Crippen LogP contribution >= 0.6 is 11.8 Å².